The number of nitrogens with zero attached hydrogens (tertiary/aromatic N) is 2. The molecule has 3 rings (SSSR count). The maximum absolute atomic E-state index is 11.8. The Hall–Kier alpha value is -2.32. The zero-order valence-corrected chi connectivity index (χ0v) is 20.9. The molecule has 0 aliphatic carbocycles. The van der Waals surface area contributed by atoms with Crippen LogP contribution in [0.4, 0.5) is 9.59 Å². The van der Waals surface area contributed by atoms with Gasteiger partial charge in [-0.05, 0) is 72.2 Å². The zero-order valence-electron chi connectivity index (χ0n) is 20.9. The van der Waals surface area contributed by atoms with Gasteiger partial charge in [0.2, 0.25) is 0 Å². The van der Waals surface area contributed by atoms with Gasteiger partial charge >= 0.3 is 12.2 Å². The Bertz CT molecular complexity index is 709. The number of piperidine rings is 2. The highest BCUT2D eigenvalue weighted by molar-refractivity contribution is 5.68. The highest BCUT2D eigenvalue weighted by Crippen LogP contribution is 2.15. The summed E-state index contributed by atoms with van der Waals surface area (Å²) in [6, 6.07) is 10.6. The minimum Gasteiger partial charge on any atom is -0.445 e. The first-order chi connectivity index (χ1) is 15.7. The van der Waals surface area contributed by atoms with Crippen molar-refractivity contribution in [3.63, 3.8) is 0 Å². The minimum absolute atomic E-state index is 0.201. The van der Waals surface area contributed by atoms with Crippen molar-refractivity contribution in [2.75, 3.05) is 40.3 Å². The molecule has 2 N–H and O–H groups in total. The van der Waals surface area contributed by atoms with E-state index in [0.717, 1.165) is 57.4 Å². The number of likely N-dealkylation sites (tertiary alicyclic amines) is 1. The first-order valence-corrected chi connectivity index (χ1v) is 12.0. The van der Waals surface area contributed by atoms with Gasteiger partial charge < -0.3 is 29.9 Å². The molecule has 1 aromatic carbocycles. The van der Waals surface area contributed by atoms with Gasteiger partial charge in [0.25, 0.3) is 0 Å². The quantitative estimate of drug-likeness (QED) is 0.711. The Morgan fingerprint density at radius 1 is 1.09 bits per heavy atom. The van der Waals surface area contributed by atoms with E-state index in [1.165, 1.54) is 0 Å². The molecule has 2 aliphatic rings. The second-order valence-electron chi connectivity index (χ2n) is 9.66. The van der Waals surface area contributed by atoms with Crippen LogP contribution in [0.15, 0.2) is 30.3 Å². The maximum atomic E-state index is 11.8. The van der Waals surface area contributed by atoms with Gasteiger partial charge in [-0.3, -0.25) is 0 Å². The van der Waals surface area contributed by atoms with E-state index in [1.54, 1.807) is 9.80 Å². The third-order valence-electron chi connectivity index (χ3n) is 5.90. The van der Waals surface area contributed by atoms with Crippen LogP contribution in [-0.2, 0) is 16.1 Å². The Balaban J connectivity index is 0.000000238. The Morgan fingerprint density at radius 2 is 1.70 bits per heavy atom. The summed E-state index contributed by atoms with van der Waals surface area (Å²) in [5, 5.41) is 6.52. The number of hydrogen-bond acceptors (Lipinski definition) is 6. The number of carbonyl (C=O) groups excluding carboxylic acids is 2. The zero-order chi connectivity index (χ0) is 24.3. The summed E-state index contributed by atoms with van der Waals surface area (Å²) in [6.07, 6.45) is 3.60. The second-order valence-corrected chi connectivity index (χ2v) is 9.66. The lowest BCUT2D eigenvalue weighted by Gasteiger charge is -2.33. The maximum Gasteiger partial charge on any atom is 0.410 e. The van der Waals surface area contributed by atoms with Crippen molar-refractivity contribution in [3.05, 3.63) is 35.9 Å². The lowest BCUT2D eigenvalue weighted by atomic mass is 10.1. The predicted molar refractivity (Wildman–Crippen MR) is 130 cm³/mol. The van der Waals surface area contributed by atoms with Crippen molar-refractivity contribution in [2.45, 2.75) is 70.7 Å². The molecular weight excluding hydrogens is 420 g/mol. The summed E-state index contributed by atoms with van der Waals surface area (Å²) < 4.78 is 10.6. The molecule has 2 fully saturated rings. The van der Waals surface area contributed by atoms with E-state index in [9.17, 15) is 9.59 Å². The molecule has 2 heterocycles. The van der Waals surface area contributed by atoms with Gasteiger partial charge in [0, 0.05) is 32.2 Å². The minimum atomic E-state index is -0.405. The number of benzene rings is 1. The van der Waals surface area contributed by atoms with Crippen molar-refractivity contribution in [2.24, 2.45) is 0 Å². The standard InChI is InChI=1S/C14H20N2O2.C11H22N2O2/c1-15-13-7-9-16(10-8-13)14(17)18-11-12-5-3-2-4-6-12;1-11(2,3)15-10(14)13(4)9-5-7-12-8-6-9/h2-6,13,15H,7-11H2,1H3;9,12H,5-8H2,1-4H3. The number of hydrogen-bond donors (Lipinski definition) is 2. The molecule has 186 valence electrons. The normalized spacial score (nSPS) is 17.5. The van der Waals surface area contributed by atoms with Crippen molar-refractivity contribution in [3.8, 4) is 0 Å². The van der Waals surface area contributed by atoms with Gasteiger partial charge in [-0.2, -0.15) is 0 Å². The van der Waals surface area contributed by atoms with Crippen LogP contribution in [0.25, 0.3) is 0 Å². The van der Waals surface area contributed by atoms with E-state index in [4.69, 9.17) is 9.47 Å². The molecule has 0 aromatic heterocycles. The monoisotopic (exact) mass is 462 g/mol. The number of carbonyl (C=O) groups is 2. The summed E-state index contributed by atoms with van der Waals surface area (Å²) in [7, 11) is 3.79. The van der Waals surface area contributed by atoms with Crippen LogP contribution in [0.5, 0.6) is 0 Å². The largest absolute Gasteiger partial charge is 0.445 e. The fourth-order valence-corrected chi connectivity index (χ4v) is 3.84. The molecule has 0 saturated carbocycles. The Morgan fingerprint density at radius 3 is 2.24 bits per heavy atom. The van der Waals surface area contributed by atoms with Gasteiger partial charge in [0.15, 0.2) is 0 Å². The molecule has 0 atom stereocenters. The number of amides is 2. The molecule has 1 aromatic rings. The third kappa shape index (κ3) is 10.0. The second kappa shape index (κ2) is 13.4. The number of nitrogens with one attached hydrogen (secondary N) is 2. The van der Waals surface area contributed by atoms with Gasteiger partial charge in [-0.1, -0.05) is 30.3 Å². The van der Waals surface area contributed by atoms with Crippen LogP contribution in [0.2, 0.25) is 0 Å². The van der Waals surface area contributed by atoms with Crippen molar-refractivity contribution >= 4 is 12.2 Å². The average Bonchev–Trinajstić information content (AvgIpc) is 2.82. The van der Waals surface area contributed by atoms with Crippen LogP contribution in [0.3, 0.4) is 0 Å². The molecule has 2 amide bonds. The van der Waals surface area contributed by atoms with E-state index in [1.807, 2.05) is 65.2 Å². The lowest BCUT2D eigenvalue weighted by Crippen LogP contribution is -2.45. The van der Waals surface area contributed by atoms with E-state index >= 15 is 0 Å². The highest BCUT2D eigenvalue weighted by atomic mass is 16.6. The number of ether oxygens (including phenoxy) is 2. The van der Waals surface area contributed by atoms with Crippen molar-refractivity contribution < 1.29 is 19.1 Å². The smallest absolute Gasteiger partial charge is 0.410 e. The van der Waals surface area contributed by atoms with Crippen molar-refractivity contribution in [1.29, 1.82) is 0 Å². The third-order valence-corrected chi connectivity index (χ3v) is 5.90. The molecule has 0 unspecified atom stereocenters. The molecule has 33 heavy (non-hydrogen) atoms. The first-order valence-electron chi connectivity index (χ1n) is 12.0. The van der Waals surface area contributed by atoms with E-state index in [0.29, 0.717) is 18.7 Å². The van der Waals surface area contributed by atoms with Gasteiger partial charge in [0.1, 0.15) is 12.2 Å². The lowest BCUT2D eigenvalue weighted by molar-refractivity contribution is 0.0195. The topological polar surface area (TPSA) is 83.1 Å². The molecule has 0 bridgehead atoms. The molecule has 8 nitrogen and oxygen atoms in total. The van der Waals surface area contributed by atoms with Crippen LogP contribution in [0, 0.1) is 0 Å². The van der Waals surface area contributed by atoms with Crippen LogP contribution in [0.1, 0.15) is 52.0 Å². The fourth-order valence-electron chi connectivity index (χ4n) is 3.84. The summed E-state index contributed by atoms with van der Waals surface area (Å²) in [6.45, 7) is 9.54. The molecule has 8 heteroatoms. The molecule has 2 saturated heterocycles. The van der Waals surface area contributed by atoms with Gasteiger partial charge in [-0.15, -0.1) is 0 Å². The average molecular weight is 463 g/mol. The van der Waals surface area contributed by atoms with Gasteiger partial charge in [0.05, 0.1) is 0 Å². The van der Waals surface area contributed by atoms with Crippen LogP contribution < -0.4 is 10.6 Å². The Kier molecular flexibility index (Phi) is 10.9. The Labute approximate surface area is 199 Å². The summed E-state index contributed by atoms with van der Waals surface area (Å²) in [4.78, 5) is 27.1. The van der Waals surface area contributed by atoms with Gasteiger partial charge in [-0.25, -0.2) is 9.59 Å². The van der Waals surface area contributed by atoms with Crippen LogP contribution in [-0.4, -0.2) is 79.9 Å². The summed E-state index contributed by atoms with van der Waals surface area (Å²) in [5.74, 6) is 0. The SMILES string of the molecule is CN(C(=O)OC(C)(C)C)C1CCNCC1.CNC1CCN(C(=O)OCc2ccccc2)CC1. The van der Waals surface area contributed by atoms with Crippen molar-refractivity contribution in [1.82, 2.24) is 20.4 Å². The number of rotatable bonds is 4. The van der Waals surface area contributed by atoms with E-state index in [2.05, 4.69) is 10.6 Å². The predicted octanol–water partition coefficient (Wildman–Crippen LogP) is 3.61. The molecule has 2 aliphatic heterocycles. The fraction of sp³-hybridized carbons (Fsp3) is 0.680. The van der Waals surface area contributed by atoms with E-state index in [-0.39, 0.29) is 12.2 Å². The van der Waals surface area contributed by atoms with Crippen LogP contribution >= 0.6 is 0 Å². The first kappa shape index (κ1) is 26.9. The molecular formula is C25H42N4O4. The molecule has 0 spiro atoms. The summed E-state index contributed by atoms with van der Waals surface area (Å²) >= 11 is 0. The van der Waals surface area contributed by atoms with E-state index < -0.39 is 5.60 Å². The molecule has 0 radical (unpaired) electrons. The highest BCUT2D eigenvalue weighted by Gasteiger charge is 2.26. The summed E-state index contributed by atoms with van der Waals surface area (Å²) in [5.41, 5.74) is 0.620.